The fraction of sp³-hybridized carbons (Fsp3) is 0.286. The van der Waals surface area contributed by atoms with Crippen LogP contribution in [0.2, 0.25) is 0 Å². The molecular weight excluding hydrogens is 238 g/mol. The summed E-state index contributed by atoms with van der Waals surface area (Å²) in [5.41, 5.74) is 9.50. The molecule has 1 aromatic rings. The summed E-state index contributed by atoms with van der Waals surface area (Å²) in [6.07, 6.45) is 5.89. The van der Waals surface area contributed by atoms with Crippen molar-refractivity contribution in [1.82, 2.24) is 4.98 Å². The van der Waals surface area contributed by atoms with Gasteiger partial charge in [-0.25, -0.2) is 4.99 Å². The zero-order chi connectivity index (χ0) is 13.8. The Bertz CT molecular complexity index is 596. The van der Waals surface area contributed by atoms with E-state index in [2.05, 4.69) is 15.0 Å². The molecule has 0 saturated heterocycles. The van der Waals surface area contributed by atoms with Gasteiger partial charge >= 0.3 is 0 Å². The van der Waals surface area contributed by atoms with Gasteiger partial charge in [0.1, 0.15) is 0 Å². The number of rotatable bonds is 3. The zero-order valence-corrected chi connectivity index (χ0v) is 11.1. The maximum absolute atomic E-state index is 7.67. The molecule has 0 spiro atoms. The quantitative estimate of drug-likeness (QED) is 0.808. The predicted octanol–water partition coefficient (Wildman–Crippen LogP) is 1.95. The topological polar surface area (TPSA) is 87.5 Å². The Kier molecular flexibility index (Phi) is 3.85. The molecule has 1 aliphatic rings. The van der Waals surface area contributed by atoms with E-state index in [1.807, 2.05) is 19.2 Å². The van der Waals surface area contributed by atoms with E-state index in [-0.39, 0.29) is 0 Å². The van der Waals surface area contributed by atoms with E-state index in [9.17, 15) is 0 Å². The number of aromatic nitrogens is 1. The van der Waals surface area contributed by atoms with E-state index in [1.54, 1.807) is 13.1 Å². The average Bonchev–Trinajstić information content (AvgIpc) is 2.40. The summed E-state index contributed by atoms with van der Waals surface area (Å²) in [7, 11) is 0. The lowest BCUT2D eigenvalue weighted by atomic mass is 10.0. The largest absolute Gasteiger partial charge is 0.404 e. The lowest BCUT2D eigenvalue weighted by Gasteiger charge is -2.11. The monoisotopic (exact) mass is 255 g/mol. The fourth-order valence-electron chi connectivity index (χ4n) is 1.95. The van der Waals surface area contributed by atoms with E-state index in [1.165, 1.54) is 6.20 Å². The number of hydrogen-bond acceptors (Lipinski definition) is 5. The number of hydrogen-bond donors (Lipinski definition) is 2. The summed E-state index contributed by atoms with van der Waals surface area (Å²) in [4.78, 5) is 13.0. The number of nitrogens with one attached hydrogen (secondary N) is 1. The third-order valence-electron chi connectivity index (χ3n) is 2.93. The first-order valence-electron chi connectivity index (χ1n) is 6.15. The molecule has 0 saturated carbocycles. The molecule has 1 aromatic heterocycles. The van der Waals surface area contributed by atoms with Gasteiger partial charge in [0.2, 0.25) is 0 Å². The van der Waals surface area contributed by atoms with E-state index < -0.39 is 0 Å². The first-order valence-corrected chi connectivity index (χ1v) is 6.15. The summed E-state index contributed by atoms with van der Waals surface area (Å²) in [6.45, 7) is 4.43. The molecule has 1 aliphatic heterocycles. The highest BCUT2D eigenvalue weighted by Crippen LogP contribution is 2.18. The molecule has 0 aromatic carbocycles. The van der Waals surface area contributed by atoms with Crippen LogP contribution in [-0.4, -0.2) is 29.3 Å². The second-order valence-corrected chi connectivity index (χ2v) is 4.40. The molecule has 0 aliphatic carbocycles. The minimum Gasteiger partial charge on any atom is -0.404 e. The van der Waals surface area contributed by atoms with Gasteiger partial charge in [0.05, 0.1) is 11.3 Å². The molecule has 0 unspecified atom stereocenters. The second-order valence-electron chi connectivity index (χ2n) is 4.40. The molecule has 0 radical (unpaired) electrons. The van der Waals surface area contributed by atoms with Crippen LogP contribution in [0.1, 0.15) is 30.2 Å². The Morgan fingerprint density at radius 3 is 2.79 bits per heavy atom. The number of aryl methyl sites for hydroxylation is 1. The van der Waals surface area contributed by atoms with Gasteiger partial charge in [-0.05, 0) is 25.5 Å². The molecule has 0 fully saturated rings. The Hall–Kier alpha value is -2.30. The maximum Gasteiger partial charge on any atom is 0.157 e. The van der Waals surface area contributed by atoms with Crippen molar-refractivity contribution in [1.29, 1.82) is 5.41 Å². The molecule has 3 N–H and O–H groups in total. The standard InChI is InChI=1S/C14H17N5/c1-9-6-13(19-8-12(9)10(2)16)11(7-15)14-17-4-3-5-18-14/h4,6-8,16H,3,5,15H2,1-2H3/b11-7-,16-10?. The minimum atomic E-state index is 0.503. The molecule has 0 atom stereocenters. The Morgan fingerprint density at radius 1 is 1.47 bits per heavy atom. The molecule has 5 heteroatoms. The van der Waals surface area contributed by atoms with Crippen molar-refractivity contribution in [2.24, 2.45) is 15.7 Å². The van der Waals surface area contributed by atoms with Crippen LogP contribution < -0.4 is 5.73 Å². The lowest BCUT2D eigenvalue weighted by Crippen LogP contribution is -2.09. The highest BCUT2D eigenvalue weighted by molar-refractivity contribution is 6.24. The van der Waals surface area contributed by atoms with Crippen LogP contribution in [0, 0.1) is 12.3 Å². The van der Waals surface area contributed by atoms with Crippen molar-refractivity contribution in [3.8, 4) is 0 Å². The van der Waals surface area contributed by atoms with Crippen LogP contribution in [0.5, 0.6) is 0 Å². The molecule has 2 rings (SSSR count). The third-order valence-corrected chi connectivity index (χ3v) is 2.93. The minimum absolute atomic E-state index is 0.503. The summed E-state index contributed by atoms with van der Waals surface area (Å²) in [6, 6.07) is 1.92. The normalized spacial score (nSPS) is 15.3. The fourth-order valence-corrected chi connectivity index (χ4v) is 1.95. The van der Waals surface area contributed by atoms with Gasteiger partial charge in [-0.15, -0.1) is 0 Å². The van der Waals surface area contributed by atoms with Crippen molar-refractivity contribution >= 4 is 23.3 Å². The van der Waals surface area contributed by atoms with Crippen molar-refractivity contribution in [2.45, 2.75) is 20.3 Å². The first kappa shape index (κ1) is 13.1. The van der Waals surface area contributed by atoms with Crippen molar-refractivity contribution in [3.05, 3.63) is 35.3 Å². The number of aliphatic imine (C=N–C) groups is 2. The zero-order valence-electron chi connectivity index (χ0n) is 11.1. The number of nitrogens with two attached hydrogens (primary N) is 1. The molecule has 98 valence electrons. The number of pyridine rings is 1. The van der Waals surface area contributed by atoms with Crippen LogP contribution >= 0.6 is 0 Å². The highest BCUT2D eigenvalue weighted by atomic mass is 14.9. The van der Waals surface area contributed by atoms with E-state index in [4.69, 9.17) is 11.1 Å². The lowest BCUT2D eigenvalue weighted by molar-refractivity contribution is 1.03. The molecule has 0 amide bonds. The Labute approximate surface area is 112 Å². The van der Waals surface area contributed by atoms with Gasteiger partial charge in [-0.1, -0.05) is 0 Å². The van der Waals surface area contributed by atoms with E-state index >= 15 is 0 Å². The summed E-state index contributed by atoms with van der Waals surface area (Å²) in [5, 5.41) is 7.67. The summed E-state index contributed by atoms with van der Waals surface area (Å²) < 4.78 is 0. The van der Waals surface area contributed by atoms with Gasteiger partial charge in [0.15, 0.2) is 5.84 Å². The smallest absolute Gasteiger partial charge is 0.157 e. The first-order chi connectivity index (χ1) is 9.13. The van der Waals surface area contributed by atoms with Gasteiger partial charge in [0.25, 0.3) is 0 Å². The van der Waals surface area contributed by atoms with Crippen molar-refractivity contribution in [3.63, 3.8) is 0 Å². The van der Waals surface area contributed by atoms with Crippen LogP contribution in [-0.2, 0) is 0 Å². The van der Waals surface area contributed by atoms with Gasteiger partial charge < -0.3 is 11.1 Å². The SMILES string of the molecule is CC(=N)c1cnc(/C(=C/N)C2=NCCC=N2)cc1C. The summed E-state index contributed by atoms with van der Waals surface area (Å²) >= 11 is 0. The maximum atomic E-state index is 7.67. The molecule has 19 heavy (non-hydrogen) atoms. The molecule has 0 bridgehead atoms. The molecular formula is C14H17N5. The van der Waals surface area contributed by atoms with Gasteiger partial charge in [-0.3, -0.25) is 9.98 Å². The predicted molar refractivity (Wildman–Crippen MR) is 79.1 cm³/mol. The Balaban J connectivity index is 2.40. The van der Waals surface area contributed by atoms with Crippen LogP contribution in [0.4, 0.5) is 0 Å². The molecule has 5 nitrogen and oxygen atoms in total. The van der Waals surface area contributed by atoms with E-state index in [0.717, 1.165) is 35.4 Å². The van der Waals surface area contributed by atoms with Gasteiger partial charge in [0, 0.05) is 42.9 Å². The van der Waals surface area contributed by atoms with Crippen LogP contribution in [0.25, 0.3) is 5.57 Å². The number of nitrogens with zero attached hydrogens (tertiary/aromatic N) is 3. The third kappa shape index (κ3) is 2.76. The van der Waals surface area contributed by atoms with E-state index in [0.29, 0.717) is 11.5 Å². The van der Waals surface area contributed by atoms with Crippen molar-refractivity contribution < 1.29 is 0 Å². The molecule has 2 heterocycles. The van der Waals surface area contributed by atoms with Gasteiger partial charge in [-0.2, -0.15) is 0 Å². The summed E-state index contributed by atoms with van der Waals surface area (Å²) in [5.74, 6) is 0.625. The average molecular weight is 255 g/mol. The second kappa shape index (κ2) is 5.56. The van der Waals surface area contributed by atoms with Crippen LogP contribution in [0.3, 0.4) is 0 Å². The van der Waals surface area contributed by atoms with Crippen LogP contribution in [0.15, 0.2) is 28.4 Å². The van der Waals surface area contributed by atoms with Crippen molar-refractivity contribution in [2.75, 3.05) is 6.54 Å². The highest BCUT2D eigenvalue weighted by Gasteiger charge is 2.13. The Morgan fingerprint density at radius 2 is 2.26 bits per heavy atom. The number of amidine groups is 1.